The maximum atomic E-state index is 14.0. The van der Waals surface area contributed by atoms with Crippen LogP contribution in [0.1, 0.15) is 64.6 Å². The van der Waals surface area contributed by atoms with Crippen LogP contribution in [0.5, 0.6) is 0 Å². The molecular weight excluding hydrogens is 626 g/mol. The summed E-state index contributed by atoms with van der Waals surface area (Å²) < 4.78 is 0. The van der Waals surface area contributed by atoms with E-state index in [2.05, 4.69) is 16.2 Å². The summed E-state index contributed by atoms with van der Waals surface area (Å²) in [6.07, 6.45) is 5.51. The fourth-order valence-corrected chi connectivity index (χ4v) is 5.41. The number of hydrogen-bond donors (Lipinski definition) is 1. The van der Waals surface area contributed by atoms with Crippen molar-refractivity contribution >= 4 is 45.9 Å². The number of amides is 2. The standard InChI is InChI=1S/C31H28N3O2S2.C5H5.Fe/c1-6-26-32-25(19-38-26)30(36)34(27(21-12-8-9-13-21)29(35)33-31(3,4)5)23-17-15-22(16-18-23)28(37)24-14-10-7-11-20(24)2;1-2-4-5-3-1;/h1,7-19,27H,2-5H3,(H,33,35);1-5H;/q-1;-5;. The summed E-state index contributed by atoms with van der Waals surface area (Å²) in [5, 5.41) is 5.05. The van der Waals surface area contributed by atoms with Crippen molar-refractivity contribution in [1.82, 2.24) is 10.3 Å². The molecule has 0 saturated carbocycles. The zero-order valence-corrected chi connectivity index (χ0v) is 27.7. The van der Waals surface area contributed by atoms with Gasteiger partial charge >= 0.3 is 0 Å². The number of anilines is 1. The first-order valence-electron chi connectivity index (χ1n) is 13.8. The number of aromatic nitrogens is 1. The molecule has 1 atom stereocenters. The molecule has 0 saturated heterocycles. The van der Waals surface area contributed by atoms with Gasteiger partial charge < -0.3 is 40.5 Å². The smallest absolute Gasteiger partial charge is 0.277 e. The van der Waals surface area contributed by atoms with Crippen LogP contribution in [0.25, 0.3) is 0 Å². The Balaban J connectivity index is 0.000000801. The van der Waals surface area contributed by atoms with E-state index in [0.29, 0.717) is 21.1 Å². The number of hydrogen-bond acceptors (Lipinski definition) is 5. The summed E-state index contributed by atoms with van der Waals surface area (Å²) in [4.78, 5) is 34.1. The van der Waals surface area contributed by atoms with Crippen LogP contribution in [0.2, 0.25) is 0 Å². The zero-order chi connectivity index (χ0) is 31.0. The molecule has 0 spiro atoms. The van der Waals surface area contributed by atoms with E-state index in [9.17, 15) is 9.59 Å². The Morgan fingerprint density at radius 2 is 1.59 bits per heavy atom. The molecule has 0 aliphatic carbocycles. The predicted molar refractivity (Wildman–Crippen MR) is 180 cm³/mol. The number of thiazole rings is 1. The van der Waals surface area contributed by atoms with Crippen LogP contribution in [0.3, 0.4) is 0 Å². The topological polar surface area (TPSA) is 62.3 Å². The zero-order valence-electron chi connectivity index (χ0n) is 24.9. The Labute approximate surface area is 279 Å². The fraction of sp³-hybridized carbons (Fsp3) is 0.167. The number of benzene rings is 2. The largest absolute Gasteiger partial charge is 0.748 e. The van der Waals surface area contributed by atoms with Gasteiger partial charge in [-0.2, -0.15) is 12.1 Å². The molecule has 5 nitrogen and oxygen atoms in total. The predicted octanol–water partition coefficient (Wildman–Crippen LogP) is 7.62. The molecule has 5 rings (SSSR count). The second-order valence-corrected chi connectivity index (χ2v) is 12.1. The maximum Gasteiger partial charge on any atom is 0.277 e. The molecule has 1 N–H and O–H groups in total. The Kier molecular flexibility index (Phi) is 12.2. The average molecular weight is 660 g/mol. The van der Waals surface area contributed by atoms with Crippen LogP contribution in [0, 0.1) is 19.3 Å². The van der Waals surface area contributed by atoms with Crippen molar-refractivity contribution in [3.8, 4) is 12.3 Å². The molecule has 1 heterocycles. The van der Waals surface area contributed by atoms with Gasteiger partial charge in [0, 0.05) is 33.7 Å². The third kappa shape index (κ3) is 8.72. The molecule has 2 amide bonds. The van der Waals surface area contributed by atoms with Crippen molar-refractivity contribution in [2.24, 2.45) is 0 Å². The number of rotatable bonds is 7. The van der Waals surface area contributed by atoms with Gasteiger partial charge in [-0.25, -0.2) is 17.1 Å². The number of nitrogens with zero attached hydrogens (tertiary/aromatic N) is 2. The van der Waals surface area contributed by atoms with Crippen molar-refractivity contribution in [3.63, 3.8) is 0 Å². The monoisotopic (exact) mass is 659 g/mol. The van der Waals surface area contributed by atoms with Crippen molar-refractivity contribution in [2.45, 2.75) is 39.3 Å². The van der Waals surface area contributed by atoms with Gasteiger partial charge in [-0.15, -0.1) is 23.3 Å². The molecule has 0 aliphatic rings. The van der Waals surface area contributed by atoms with E-state index in [4.69, 9.17) is 18.6 Å². The molecule has 230 valence electrons. The number of nitrogens with one attached hydrogen (secondary N) is 1. The van der Waals surface area contributed by atoms with Crippen LogP contribution in [0.4, 0.5) is 5.69 Å². The van der Waals surface area contributed by atoms with Gasteiger partial charge in [0.05, 0.1) is 10.9 Å². The molecule has 5 aromatic rings. The Morgan fingerprint density at radius 1 is 1.00 bits per heavy atom. The SMILES string of the molecule is C#Cc1nc(C(=O)N(c2ccc(C(=S)c3ccccc3C)cc2)C(C(=O)NC(C)(C)C)[c-]2cccc2)cs1.[Fe].[cH-]1[cH-][cH-][cH-][cH-]1. The minimum atomic E-state index is -0.929. The third-order valence-corrected chi connectivity index (χ3v) is 7.66. The number of carbonyl (C=O) groups is 2. The van der Waals surface area contributed by atoms with Crippen LogP contribution >= 0.6 is 23.6 Å². The minimum Gasteiger partial charge on any atom is -0.748 e. The van der Waals surface area contributed by atoms with Gasteiger partial charge in [-0.05, 0) is 62.4 Å². The van der Waals surface area contributed by atoms with Crippen molar-refractivity contribution < 1.29 is 26.7 Å². The van der Waals surface area contributed by atoms with Gasteiger partial charge in [-0.1, -0.05) is 48.6 Å². The first-order chi connectivity index (χ1) is 20.6. The third-order valence-electron chi connectivity index (χ3n) is 6.43. The van der Waals surface area contributed by atoms with Crippen LogP contribution < -0.4 is 10.2 Å². The van der Waals surface area contributed by atoms with Crippen LogP contribution in [0.15, 0.2) is 109 Å². The number of carbonyl (C=O) groups excluding carboxylic acids is 2. The molecule has 0 radical (unpaired) electrons. The Morgan fingerprint density at radius 3 is 2.11 bits per heavy atom. The van der Waals surface area contributed by atoms with Crippen molar-refractivity contribution in [2.75, 3.05) is 4.90 Å². The summed E-state index contributed by atoms with van der Waals surface area (Å²) >= 11 is 6.98. The quantitative estimate of drug-likeness (QED) is 0.0642. The van der Waals surface area contributed by atoms with Gasteiger partial charge in [0.25, 0.3) is 5.91 Å². The number of terminal acetylenes is 1. The molecule has 4 aromatic carbocycles. The summed E-state index contributed by atoms with van der Waals surface area (Å²) in [7, 11) is 0. The molecule has 0 bridgehead atoms. The van der Waals surface area contributed by atoms with Crippen molar-refractivity contribution in [1.29, 1.82) is 0 Å². The average Bonchev–Trinajstić information content (AvgIpc) is 3.79. The first-order valence-corrected chi connectivity index (χ1v) is 15.0. The van der Waals surface area contributed by atoms with E-state index in [0.717, 1.165) is 16.7 Å². The Hall–Kier alpha value is -4.12. The minimum absolute atomic E-state index is 0. The van der Waals surface area contributed by atoms with Gasteiger partial charge in [0.2, 0.25) is 5.91 Å². The molecule has 1 aromatic heterocycles. The normalized spacial score (nSPS) is 11.2. The molecule has 8 heteroatoms. The summed E-state index contributed by atoms with van der Waals surface area (Å²) in [5.41, 5.74) is 3.81. The Bertz CT molecular complexity index is 1690. The second kappa shape index (κ2) is 15.6. The van der Waals surface area contributed by atoms with Crippen LogP contribution in [-0.4, -0.2) is 27.2 Å². The maximum absolute atomic E-state index is 14.0. The molecule has 44 heavy (non-hydrogen) atoms. The van der Waals surface area contributed by atoms with Crippen molar-refractivity contribution in [3.05, 3.63) is 141 Å². The molecule has 0 aliphatic heterocycles. The van der Waals surface area contributed by atoms with E-state index in [1.54, 1.807) is 5.38 Å². The van der Waals surface area contributed by atoms with E-state index in [-0.39, 0.29) is 28.7 Å². The summed E-state index contributed by atoms with van der Waals surface area (Å²) in [6.45, 7) is 7.73. The summed E-state index contributed by atoms with van der Waals surface area (Å²) in [6, 6.07) is 31.8. The van der Waals surface area contributed by atoms with E-state index in [1.165, 1.54) is 16.2 Å². The number of aryl methyl sites for hydroxylation is 1. The van der Waals surface area contributed by atoms with E-state index in [1.807, 2.05) is 131 Å². The molecule has 1 unspecified atom stereocenters. The van der Waals surface area contributed by atoms with Gasteiger partial charge in [0.1, 0.15) is 5.69 Å². The van der Waals surface area contributed by atoms with Gasteiger partial charge in [-0.3, -0.25) is 9.59 Å². The van der Waals surface area contributed by atoms with E-state index < -0.39 is 17.5 Å². The van der Waals surface area contributed by atoms with Crippen LogP contribution in [-0.2, 0) is 21.9 Å². The summed E-state index contributed by atoms with van der Waals surface area (Å²) in [5.74, 6) is 1.75. The first kappa shape index (κ1) is 34.4. The fourth-order valence-electron chi connectivity index (χ4n) is 4.45. The number of thiocarbonyl (C=S) groups is 1. The second-order valence-electron chi connectivity index (χ2n) is 10.9. The van der Waals surface area contributed by atoms with Gasteiger partial charge in [0.15, 0.2) is 5.01 Å². The van der Waals surface area contributed by atoms with E-state index >= 15 is 0 Å². The molecule has 0 fully saturated rings. The molecular formula is C36H33FeN3O2S2-6.